The van der Waals surface area contributed by atoms with Crippen molar-refractivity contribution in [1.82, 2.24) is 9.62 Å². The van der Waals surface area contributed by atoms with E-state index in [1.807, 2.05) is 0 Å². The summed E-state index contributed by atoms with van der Waals surface area (Å²) in [7, 11) is -3.63. The maximum absolute atomic E-state index is 12.2. The normalized spacial score (nSPS) is 15.4. The van der Waals surface area contributed by atoms with Crippen molar-refractivity contribution in [1.29, 1.82) is 0 Å². The third-order valence-electron chi connectivity index (χ3n) is 3.27. The van der Waals surface area contributed by atoms with Crippen LogP contribution in [0.5, 0.6) is 0 Å². The fourth-order valence-corrected chi connectivity index (χ4v) is 4.71. The molecule has 1 aromatic carbocycles. The molecule has 8 heteroatoms. The highest BCUT2D eigenvalue weighted by Crippen LogP contribution is 2.25. The predicted molar refractivity (Wildman–Crippen MR) is 87.5 cm³/mol. The number of carbonyl (C=O) groups is 1. The Kier molecular flexibility index (Phi) is 5.81. The first-order valence-corrected chi connectivity index (χ1v) is 9.69. The monoisotopic (exact) mass is 438 g/mol. The topological polar surface area (TPSA) is 66.5 Å². The SMILES string of the molecule is O=C(CCNS(=O)(=O)c1cc(Br)ccc1Br)N1CCCC1. The van der Waals surface area contributed by atoms with E-state index in [0.717, 1.165) is 25.9 Å². The van der Waals surface area contributed by atoms with Gasteiger partial charge in [0, 0.05) is 35.0 Å². The molecule has 0 atom stereocenters. The number of hydrogen-bond acceptors (Lipinski definition) is 3. The fourth-order valence-electron chi connectivity index (χ4n) is 2.18. The van der Waals surface area contributed by atoms with Crippen molar-refractivity contribution >= 4 is 47.8 Å². The van der Waals surface area contributed by atoms with Crippen LogP contribution in [-0.2, 0) is 14.8 Å². The van der Waals surface area contributed by atoms with E-state index in [-0.39, 0.29) is 23.8 Å². The second kappa shape index (κ2) is 7.21. The lowest BCUT2D eigenvalue weighted by Gasteiger charge is -2.15. The quantitative estimate of drug-likeness (QED) is 0.766. The predicted octanol–water partition coefficient (Wildman–Crippen LogP) is 2.50. The van der Waals surface area contributed by atoms with E-state index < -0.39 is 10.0 Å². The highest BCUT2D eigenvalue weighted by Gasteiger charge is 2.20. The summed E-state index contributed by atoms with van der Waals surface area (Å²) in [6.07, 6.45) is 2.25. The van der Waals surface area contributed by atoms with Crippen molar-refractivity contribution in [3.8, 4) is 0 Å². The van der Waals surface area contributed by atoms with Crippen molar-refractivity contribution in [2.45, 2.75) is 24.2 Å². The molecule has 1 amide bonds. The number of carbonyl (C=O) groups excluding carboxylic acids is 1. The minimum absolute atomic E-state index is 0.00325. The molecule has 1 fully saturated rings. The first-order valence-electron chi connectivity index (χ1n) is 6.62. The molecule has 1 aliphatic heterocycles. The summed E-state index contributed by atoms with van der Waals surface area (Å²) in [6, 6.07) is 4.93. The Balaban J connectivity index is 1.95. The van der Waals surface area contributed by atoms with Crippen LogP contribution in [0.1, 0.15) is 19.3 Å². The van der Waals surface area contributed by atoms with Crippen LogP contribution in [0.2, 0.25) is 0 Å². The summed E-state index contributed by atoms with van der Waals surface area (Å²) in [5.41, 5.74) is 0. The molecule has 116 valence electrons. The Morgan fingerprint density at radius 2 is 1.90 bits per heavy atom. The molecule has 5 nitrogen and oxygen atoms in total. The molecule has 21 heavy (non-hydrogen) atoms. The van der Waals surface area contributed by atoms with E-state index in [4.69, 9.17) is 0 Å². The highest BCUT2D eigenvalue weighted by molar-refractivity contribution is 9.11. The number of nitrogens with zero attached hydrogens (tertiary/aromatic N) is 1. The summed E-state index contributed by atoms with van der Waals surface area (Å²) in [6.45, 7) is 1.67. The fraction of sp³-hybridized carbons (Fsp3) is 0.462. The molecule has 0 radical (unpaired) electrons. The van der Waals surface area contributed by atoms with Crippen LogP contribution < -0.4 is 4.72 Å². The summed E-state index contributed by atoms with van der Waals surface area (Å²) in [5.74, 6) is 0.00325. The van der Waals surface area contributed by atoms with E-state index >= 15 is 0 Å². The summed E-state index contributed by atoms with van der Waals surface area (Å²) in [5, 5.41) is 0. The van der Waals surface area contributed by atoms with Gasteiger partial charge < -0.3 is 4.90 Å². The van der Waals surface area contributed by atoms with E-state index in [1.54, 1.807) is 17.0 Å². The molecule has 0 aromatic heterocycles. The molecule has 0 saturated carbocycles. The van der Waals surface area contributed by atoms with E-state index in [1.165, 1.54) is 6.07 Å². The minimum atomic E-state index is -3.63. The number of likely N-dealkylation sites (tertiary alicyclic amines) is 1. The zero-order valence-electron chi connectivity index (χ0n) is 11.3. The van der Waals surface area contributed by atoms with Crippen molar-refractivity contribution in [2.24, 2.45) is 0 Å². The van der Waals surface area contributed by atoms with Crippen molar-refractivity contribution < 1.29 is 13.2 Å². The summed E-state index contributed by atoms with van der Waals surface area (Å²) in [4.78, 5) is 13.8. The van der Waals surface area contributed by atoms with E-state index in [2.05, 4.69) is 36.6 Å². The van der Waals surface area contributed by atoms with Crippen LogP contribution in [-0.4, -0.2) is 38.9 Å². The van der Waals surface area contributed by atoms with E-state index in [0.29, 0.717) is 8.95 Å². The lowest BCUT2D eigenvalue weighted by molar-refractivity contribution is -0.129. The van der Waals surface area contributed by atoms with Crippen LogP contribution in [0.3, 0.4) is 0 Å². The molecular formula is C13H16Br2N2O3S. The summed E-state index contributed by atoms with van der Waals surface area (Å²) < 4.78 is 28.1. The molecule has 0 aliphatic carbocycles. The van der Waals surface area contributed by atoms with Crippen molar-refractivity contribution in [3.63, 3.8) is 0 Å². The highest BCUT2D eigenvalue weighted by atomic mass is 79.9. The minimum Gasteiger partial charge on any atom is -0.343 e. The number of benzene rings is 1. The lowest BCUT2D eigenvalue weighted by Crippen LogP contribution is -2.32. The van der Waals surface area contributed by atoms with Gasteiger partial charge in [-0.25, -0.2) is 13.1 Å². The first-order chi connectivity index (χ1) is 9.90. The lowest BCUT2D eigenvalue weighted by atomic mass is 10.4. The first kappa shape index (κ1) is 16.9. The third kappa shape index (κ3) is 4.51. The molecule has 0 spiro atoms. The second-order valence-corrected chi connectivity index (χ2v) is 8.32. The van der Waals surface area contributed by atoms with Crippen LogP contribution in [0.25, 0.3) is 0 Å². The van der Waals surface area contributed by atoms with Gasteiger partial charge in [0.2, 0.25) is 15.9 Å². The number of hydrogen-bond donors (Lipinski definition) is 1. The number of sulfonamides is 1. The largest absolute Gasteiger partial charge is 0.343 e. The van der Waals surface area contributed by atoms with Gasteiger partial charge in [0.1, 0.15) is 0 Å². The number of halogens is 2. The maximum atomic E-state index is 12.2. The number of amides is 1. The van der Waals surface area contributed by atoms with Gasteiger partial charge in [-0.05, 0) is 47.0 Å². The van der Waals surface area contributed by atoms with Gasteiger partial charge in [0.15, 0.2) is 0 Å². The van der Waals surface area contributed by atoms with Gasteiger partial charge in [0.25, 0.3) is 0 Å². The van der Waals surface area contributed by atoms with Gasteiger partial charge >= 0.3 is 0 Å². The van der Waals surface area contributed by atoms with Crippen LogP contribution in [0.4, 0.5) is 0 Å². The molecule has 1 saturated heterocycles. The van der Waals surface area contributed by atoms with Gasteiger partial charge in [-0.2, -0.15) is 0 Å². The van der Waals surface area contributed by atoms with Crippen LogP contribution >= 0.6 is 31.9 Å². The van der Waals surface area contributed by atoms with Crippen molar-refractivity contribution in [2.75, 3.05) is 19.6 Å². The van der Waals surface area contributed by atoms with Crippen molar-refractivity contribution in [3.05, 3.63) is 27.1 Å². The molecule has 0 bridgehead atoms. The van der Waals surface area contributed by atoms with Gasteiger partial charge in [0.05, 0.1) is 4.90 Å². The number of nitrogens with one attached hydrogen (secondary N) is 1. The van der Waals surface area contributed by atoms with E-state index in [9.17, 15) is 13.2 Å². The van der Waals surface area contributed by atoms with Crippen LogP contribution in [0, 0.1) is 0 Å². The smallest absolute Gasteiger partial charge is 0.241 e. The zero-order chi connectivity index (χ0) is 15.5. The molecule has 1 N–H and O–H groups in total. The Morgan fingerprint density at radius 3 is 2.57 bits per heavy atom. The second-order valence-electron chi connectivity index (χ2n) is 4.81. The number of rotatable bonds is 5. The molecule has 1 heterocycles. The Morgan fingerprint density at radius 1 is 1.24 bits per heavy atom. The standard InChI is InChI=1S/C13H16Br2N2O3S/c14-10-3-4-11(15)12(9-10)21(19,20)16-6-5-13(18)17-7-1-2-8-17/h3-4,9,16H,1-2,5-8H2. The Hall–Kier alpha value is -0.440. The van der Waals surface area contributed by atoms with Gasteiger partial charge in [-0.1, -0.05) is 15.9 Å². The van der Waals surface area contributed by atoms with Gasteiger partial charge in [-0.15, -0.1) is 0 Å². The average molecular weight is 440 g/mol. The van der Waals surface area contributed by atoms with Crippen LogP contribution in [0.15, 0.2) is 32.0 Å². The molecule has 1 aliphatic rings. The third-order valence-corrected chi connectivity index (χ3v) is 6.22. The van der Waals surface area contributed by atoms with Gasteiger partial charge in [-0.3, -0.25) is 4.79 Å². The molecule has 2 rings (SSSR count). The Labute approximate surface area is 141 Å². The molecule has 0 unspecified atom stereocenters. The molecule has 1 aromatic rings. The zero-order valence-corrected chi connectivity index (χ0v) is 15.3. The molecular weight excluding hydrogens is 424 g/mol. The maximum Gasteiger partial charge on any atom is 0.241 e. The Bertz CT molecular complexity index is 628. The average Bonchev–Trinajstić information content (AvgIpc) is 2.95. The summed E-state index contributed by atoms with van der Waals surface area (Å²) >= 11 is 6.48.